The summed E-state index contributed by atoms with van der Waals surface area (Å²) in [5.41, 5.74) is 11.8. The zero-order valence-corrected chi connectivity index (χ0v) is 30.7. The van der Waals surface area contributed by atoms with Crippen LogP contribution in [0.15, 0.2) is 218 Å². The number of aromatic nitrogens is 1. The second-order valence-electron chi connectivity index (χ2n) is 14.5. The quantitative estimate of drug-likeness (QED) is 0.167. The number of hydrogen-bond donors (Lipinski definition) is 0. The lowest BCUT2D eigenvalue weighted by Gasteiger charge is -2.26. The van der Waals surface area contributed by atoms with Gasteiger partial charge in [0.2, 0.25) is 0 Å². The number of rotatable bonds is 6. The predicted molar refractivity (Wildman–Crippen MR) is 239 cm³/mol. The highest BCUT2D eigenvalue weighted by Gasteiger charge is 2.20. The van der Waals surface area contributed by atoms with Crippen LogP contribution >= 0.6 is 0 Å². The fourth-order valence-corrected chi connectivity index (χ4v) is 8.75. The average molecular weight is 713 g/mol. The van der Waals surface area contributed by atoms with Gasteiger partial charge in [0.25, 0.3) is 0 Å². The van der Waals surface area contributed by atoms with E-state index in [0.717, 1.165) is 22.7 Å². The van der Waals surface area contributed by atoms with Gasteiger partial charge in [-0.05, 0) is 104 Å². The van der Waals surface area contributed by atoms with Crippen LogP contribution in [0.1, 0.15) is 0 Å². The SMILES string of the molecule is c1ccc(-c2cccc3cccc(-c4ccc(N(c5ccc6ccccc6c5)c5ccc6c(c5)c5ccc7ccccc7c5n6-c5ccccc5)cc4)c23)cc1. The Balaban J connectivity index is 1.11. The molecule has 11 rings (SSSR count). The van der Waals surface area contributed by atoms with E-state index in [1.807, 2.05) is 0 Å². The second kappa shape index (κ2) is 13.2. The Hall–Kier alpha value is -7.42. The molecule has 0 fully saturated rings. The molecule has 262 valence electrons. The Bertz CT molecular complexity index is 3230. The fraction of sp³-hybridized carbons (Fsp3) is 0. The maximum atomic E-state index is 2.43. The molecule has 0 saturated heterocycles. The molecule has 0 N–H and O–H groups in total. The number of hydrogen-bond acceptors (Lipinski definition) is 1. The molecule has 0 aliphatic carbocycles. The lowest BCUT2D eigenvalue weighted by Crippen LogP contribution is -2.10. The van der Waals surface area contributed by atoms with Crippen LogP contribution in [0.4, 0.5) is 17.1 Å². The molecule has 11 aromatic rings. The first kappa shape index (κ1) is 32.0. The smallest absolute Gasteiger partial charge is 0.0619 e. The highest BCUT2D eigenvalue weighted by Crippen LogP contribution is 2.43. The third-order valence-corrected chi connectivity index (χ3v) is 11.3. The molecular weight excluding hydrogens is 677 g/mol. The molecular formula is C54H36N2. The predicted octanol–water partition coefficient (Wildman–Crippen LogP) is 15.0. The Kier molecular flexibility index (Phi) is 7.53. The minimum atomic E-state index is 1.10. The summed E-state index contributed by atoms with van der Waals surface area (Å²) in [6.07, 6.45) is 0. The van der Waals surface area contributed by atoms with Crippen molar-refractivity contribution in [3.63, 3.8) is 0 Å². The highest BCUT2D eigenvalue weighted by molar-refractivity contribution is 6.19. The summed E-state index contributed by atoms with van der Waals surface area (Å²) in [5.74, 6) is 0. The van der Waals surface area contributed by atoms with Crippen molar-refractivity contribution in [2.75, 3.05) is 4.90 Å². The second-order valence-corrected chi connectivity index (χ2v) is 14.5. The van der Waals surface area contributed by atoms with Crippen molar-refractivity contribution in [1.29, 1.82) is 0 Å². The number of nitrogens with zero attached hydrogens (tertiary/aromatic N) is 2. The van der Waals surface area contributed by atoms with Crippen molar-refractivity contribution in [2.45, 2.75) is 0 Å². The summed E-state index contributed by atoms with van der Waals surface area (Å²) in [7, 11) is 0. The monoisotopic (exact) mass is 712 g/mol. The number of fused-ring (bicyclic) bond motifs is 7. The normalized spacial score (nSPS) is 11.6. The molecule has 0 aliphatic heterocycles. The summed E-state index contributed by atoms with van der Waals surface area (Å²) in [6.45, 7) is 0. The standard InChI is InChI=1S/C54H36N2/c1-3-14-38(15-4-1)47-23-11-18-41-19-12-24-48(53(41)47)40-26-29-44(30-27-40)55(45-31-25-37-13-7-8-17-42(37)35-45)46-32-34-52-51(36-46)50-33-28-39-16-9-10-22-49(39)54(50)56(52)43-20-5-2-6-21-43/h1-36H. The Morgan fingerprint density at radius 2 is 0.893 bits per heavy atom. The van der Waals surface area contributed by atoms with E-state index in [-0.39, 0.29) is 0 Å². The molecule has 56 heavy (non-hydrogen) atoms. The van der Waals surface area contributed by atoms with E-state index in [1.165, 1.54) is 76.4 Å². The van der Waals surface area contributed by atoms with Gasteiger partial charge < -0.3 is 9.47 Å². The molecule has 2 heteroatoms. The van der Waals surface area contributed by atoms with Gasteiger partial charge >= 0.3 is 0 Å². The van der Waals surface area contributed by atoms with Gasteiger partial charge in [-0.2, -0.15) is 0 Å². The molecule has 10 aromatic carbocycles. The lowest BCUT2D eigenvalue weighted by atomic mass is 9.91. The van der Waals surface area contributed by atoms with Gasteiger partial charge in [0, 0.05) is 38.9 Å². The molecule has 2 nitrogen and oxygen atoms in total. The van der Waals surface area contributed by atoms with Gasteiger partial charge in [-0.1, -0.05) is 164 Å². The first-order valence-corrected chi connectivity index (χ1v) is 19.3. The van der Waals surface area contributed by atoms with Crippen LogP contribution in [-0.4, -0.2) is 4.57 Å². The van der Waals surface area contributed by atoms with E-state index >= 15 is 0 Å². The molecule has 0 radical (unpaired) electrons. The van der Waals surface area contributed by atoms with Gasteiger partial charge in [-0.3, -0.25) is 0 Å². The summed E-state index contributed by atoms with van der Waals surface area (Å²) < 4.78 is 2.43. The molecule has 1 aromatic heterocycles. The van der Waals surface area contributed by atoms with E-state index in [4.69, 9.17) is 0 Å². The maximum absolute atomic E-state index is 2.43. The minimum absolute atomic E-state index is 1.10. The summed E-state index contributed by atoms with van der Waals surface area (Å²) in [6, 6.07) is 79.5. The molecule has 0 bridgehead atoms. The van der Waals surface area contributed by atoms with E-state index in [0.29, 0.717) is 0 Å². The molecule has 0 spiro atoms. The Labute approximate surface area is 325 Å². The first-order valence-electron chi connectivity index (χ1n) is 19.3. The molecule has 0 amide bonds. The highest BCUT2D eigenvalue weighted by atomic mass is 15.1. The van der Waals surface area contributed by atoms with Crippen LogP contribution in [0, 0.1) is 0 Å². The van der Waals surface area contributed by atoms with E-state index in [1.54, 1.807) is 0 Å². The average Bonchev–Trinajstić information content (AvgIpc) is 3.61. The van der Waals surface area contributed by atoms with Gasteiger partial charge in [-0.25, -0.2) is 0 Å². The van der Waals surface area contributed by atoms with Crippen molar-refractivity contribution in [3.05, 3.63) is 218 Å². The van der Waals surface area contributed by atoms with Gasteiger partial charge in [-0.15, -0.1) is 0 Å². The number of para-hydroxylation sites is 1. The van der Waals surface area contributed by atoms with E-state index < -0.39 is 0 Å². The number of benzene rings is 10. The molecule has 0 aliphatic rings. The fourth-order valence-electron chi connectivity index (χ4n) is 8.75. The summed E-state index contributed by atoms with van der Waals surface area (Å²) in [5, 5.41) is 9.89. The van der Waals surface area contributed by atoms with Gasteiger partial charge in [0.1, 0.15) is 0 Å². The van der Waals surface area contributed by atoms with Gasteiger partial charge in [0.15, 0.2) is 0 Å². The lowest BCUT2D eigenvalue weighted by molar-refractivity contribution is 1.18. The van der Waals surface area contributed by atoms with Crippen LogP contribution < -0.4 is 4.90 Å². The minimum Gasteiger partial charge on any atom is -0.310 e. The van der Waals surface area contributed by atoms with Crippen molar-refractivity contribution in [3.8, 4) is 27.9 Å². The van der Waals surface area contributed by atoms with Crippen molar-refractivity contribution in [1.82, 2.24) is 4.57 Å². The molecule has 0 atom stereocenters. The topological polar surface area (TPSA) is 8.17 Å². The van der Waals surface area contributed by atoms with Crippen LogP contribution in [-0.2, 0) is 0 Å². The van der Waals surface area contributed by atoms with Crippen molar-refractivity contribution in [2.24, 2.45) is 0 Å². The zero-order valence-electron chi connectivity index (χ0n) is 30.7. The largest absolute Gasteiger partial charge is 0.310 e. The Morgan fingerprint density at radius 3 is 1.66 bits per heavy atom. The number of anilines is 3. The van der Waals surface area contributed by atoms with E-state index in [9.17, 15) is 0 Å². The Morgan fingerprint density at radius 1 is 0.321 bits per heavy atom. The first-order chi connectivity index (χ1) is 27.8. The zero-order chi connectivity index (χ0) is 37.0. The summed E-state index contributed by atoms with van der Waals surface area (Å²) >= 11 is 0. The van der Waals surface area contributed by atoms with Crippen LogP contribution in [0.5, 0.6) is 0 Å². The van der Waals surface area contributed by atoms with Crippen LogP contribution in [0.3, 0.4) is 0 Å². The third-order valence-electron chi connectivity index (χ3n) is 11.3. The third kappa shape index (κ3) is 5.26. The van der Waals surface area contributed by atoms with Crippen LogP contribution in [0.25, 0.3) is 82.1 Å². The van der Waals surface area contributed by atoms with Crippen molar-refractivity contribution < 1.29 is 0 Å². The molecule has 0 unspecified atom stereocenters. The van der Waals surface area contributed by atoms with Gasteiger partial charge in [0.05, 0.1) is 11.0 Å². The molecule has 1 heterocycles. The van der Waals surface area contributed by atoms with Crippen LogP contribution in [0.2, 0.25) is 0 Å². The van der Waals surface area contributed by atoms with E-state index in [2.05, 4.69) is 228 Å². The summed E-state index contributed by atoms with van der Waals surface area (Å²) in [4.78, 5) is 2.40. The van der Waals surface area contributed by atoms with Crippen molar-refractivity contribution >= 4 is 71.2 Å². The maximum Gasteiger partial charge on any atom is 0.0619 e. The molecule has 0 saturated carbocycles.